The number of halogens is 1. The summed E-state index contributed by atoms with van der Waals surface area (Å²) in [5.41, 5.74) is -0.336. The van der Waals surface area contributed by atoms with E-state index in [1.807, 2.05) is 0 Å². The molecular weight excluding hydrogens is 573 g/mol. The molecular formula is C28H24FN3O9S. The number of methoxy groups -OCH3 is 2. The molecule has 1 fully saturated rings. The molecule has 0 unspecified atom stereocenters. The first-order chi connectivity index (χ1) is 20.0. The number of ether oxygens (including phenoxy) is 3. The summed E-state index contributed by atoms with van der Waals surface area (Å²) in [5, 5.41) is 5.89. The van der Waals surface area contributed by atoms with Crippen molar-refractivity contribution in [2.45, 2.75) is 12.8 Å². The second-order valence-electron chi connectivity index (χ2n) is 9.31. The van der Waals surface area contributed by atoms with Crippen molar-refractivity contribution in [1.82, 2.24) is 4.98 Å². The zero-order chi connectivity index (χ0) is 30.1. The van der Waals surface area contributed by atoms with Crippen LogP contribution in [0.1, 0.15) is 12.8 Å². The minimum absolute atomic E-state index is 0.0275. The van der Waals surface area contributed by atoms with Crippen molar-refractivity contribution in [3.8, 4) is 28.7 Å². The van der Waals surface area contributed by atoms with E-state index in [1.54, 1.807) is 48.7 Å². The normalized spacial score (nSPS) is 13.6. The molecule has 0 spiro atoms. The van der Waals surface area contributed by atoms with Gasteiger partial charge >= 0.3 is 10.4 Å². The van der Waals surface area contributed by atoms with Crippen LogP contribution >= 0.6 is 0 Å². The van der Waals surface area contributed by atoms with Crippen molar-refractivity contribution < 1.29 is 45.3 Å². The van der Waals surface area contributed by atoms with E-state index >= 15 is 0 Å². The van der Waals surface area contributed by atoms with E-state index in [2.05, 4.69) is 19.8 Å². The van der Waals surface area contributed by atoms with E-state index in [1.165, 1.54) is 14.2 Å². The highest BCUT2D eigenvalue weighted by molar-refractivity contribution is 7.81. The number of anilines is 2. The van der Waals surface area contributed by atoms with Gasteiger partial charge in [0.2, 0.25) is 11.8 Å². The molecule has 1 heterocycles. The Morgan fingerprint density at radius 2 is 1.48 bits per heavy atom. The molecule has 42 heavy (non-hydrogen) atoms. The predicted octanol–water partition coefficient (Wildman–Crippen LogP) is 4.72. The number of carbonyl (C=O) groups is 2. The maximum atomic E-state index is 13.8. The van der Waals surface area contributed by atoms with Gasteiger partial charge < -0.3 is 29.0 Å². The maximum Gasteiger partial charge on any atom is 0.446 e. The summed E-state index contributed by atoms with van der Waals surface area (Å²) < 4.78 is 65.5. The van der Waals surface area contributed by atoms with Crippen LogP contribution in [0.15, 0.2) is 66.9 Å². The third kappa shape index (κ3) is 6.04. The molecule has 12 nitrogen and oxygen atoms in total. The number of pyridine rings is 1. The number of fused-ring (bicyclic) bond motifs is 1. The Morgan fingerprint density at radius 1 is 0.857 bits per heavy atom. The quantitative estimate of drug-likeness (QED) is 0.172. The minimum atomic E-state index is -4.98. The molecule has 1 saturated carbocycles. The minimum Gasteiger partial charge on any atom is -0.493 e. The molecule has 3 aromatic carbocycles. The number of carbonyl (C=O) groups excluding carboxylic acids is 2. The lowest BCUT2D eigenvalue weighted by Crippen LogP contribution is -2.35. The van der Waals surface area contributed by atoms with Crippen molar-refractivity contribution in [3.05, 3.63) is 72.7 Å². The van der Waals surface area contributed by atoms with Gasteiger partial charge in [-0.3, -0.25) is 19.1 Å². The SMILES string of the molecule is COc1cc2nccc(Oc3ccc(NC(=O)C4(C(=O)Nc5ccc(F)c(OS(=O)(=O)O)c5)CC4)cc3)c2cc1OC. The van der Waals surface area contributed by atoms with Crippen LogP contribution in [0.25, 0.3) is 10.9 Å². The van der Waals surface area contributed by atoms with Crippen LogP contribution in [0.3, 0.4) is 0 Å². The van der Waals surface area contributed by atoms with Gasteiger partial charge in [-0.15, -0.1) is 0 Å². The highest BCUT2D eigenvalue weighted by Gasteiger charge is 2.56. The lowest BCUT2D eigenvalue weighted by molar-refractivity contribution is -0.131. The first-order valence-corrected chi connectivity index (χ1v) is 13.8. The lowest BCUT2D eigenvalue weighted by atomic mass is 10.0. The number of hydrogen-bond donors (Lipinski definition) is 3. The Kier molecular flexibility index (Phi) is 7.58. The second kappa shape index (κ2) is 11.1. The molecule has 5 rings (SSSR count). The van der Waals surface area contributed by atoms with Crippen molar-refractivity contribution >= 4 is 44.5 Å². The maximum absolute atomic E-state index is 13.8. The van der Waals surface area contributed by atoms with E-state index in [0.29, 0.717) is 39.6 Å². The Hall–Kier alpha value is -4.95. The van der Waals surface area contributed by atoms with Gasteiger partial charge in [-0.25, -0.2) is 4.39 Å². The number of nitrogens with one attached hydrogen (secondary N) is 2. The third-order valence-corrected chi connectivity index (χ3v) is 6.94. The van der Waals surface area contributed by atoms with Gasteiger partial charge in [-0.1, -0.05) is 0 Å². The second-order valence-corrected chi connectivity index (χ2v) is 10.3. The van der Waals surface area contributed by atoms with Crippen LogP contribution < -0.4 is 29.0 Å². The average Bonchev–Trinajstić information content (AvgIpc) is 3.77. The molecule has 14 heteroatoms. The van der Waals surface area contributed by atoms with Crippen LogP contribution in [0.4, 0.5) is 15.8 Å². The summed E-state index contributed by atoms with van der Waals surface area (Å²) >= 11 is 0. The zero-order valence-corrected chi connectivity index (χ0v) is 23.0. The predicted molar refractivity (Wildman–Crippen MR) is 149 cm³/mol. The molecule has 1 aliphatic rings. The number of hydrogen-bond acceptors (Lipinski definition) is 9. The van der Waals surface area contributed by atoms with E-state index < -0.39 is 39.2 Å². The standard InChI is InChI=1S/C28H24FN3O9S/c1-38-24-14-19-21(15-25(24)39-2)30-12-9-22(19)40-18-6-3-16(4-7-18)31-26(33)28(10-11-28)27(34)32-17-5-8-20(29)23(13-17)41-42(35,36)37/h3-9,12-15H,10-11H2,1-2H3,(H,31,33)(H,32,34)(H,35,36,37). The summed E-state index contributed by atoms with van der Waals surface area (Å²) in [6, 6.07) is 14.6. The molecule has 218 valence electrons. The summed E-state index contributed by atoms with van der Waals surface area (Å²) in [6.45, 7) is 0. The molecule has 0 saturated heterocycles. The highest BCUT2D eigenvalue weighted by atomic mass is 32.3. The zero-order valence-electron chi connectivity index (χ0n) is 22.2. The number of amides is 2. The molecule has 1 aromatic heterocycles. The fourth-order valence-electron chi connectivity index (χ4n) is 4.21. The average molecular weight is 598 g/mol. The van der Waals surface area contributed by atoms with Gasteiger partial charge in [0, 0.05) is 35.1 Å². The molecule has 0 bridgehead atoms. The molecule has 2 amide bonds. The van der Waals surface area contributed by atoms with Crippen molar-refractivity contribution in [3.63, 3.8) is 0 Å². The van der Waals surface area contributed by atoms with Gasteiger partial charge in [0.05, 0.1) is 19.7 Å². The van der Waals surface area contributed by atoms with E-state index in [4.69, 9.17) is 18.8 Å². The molecule has 0 aliphatic heterocycles. The molecule has 4 aromatic rings. The molecule has 0 radical (unpaired) electrons. The van der Waals surface area contributed by atoms with Crippen LogP contribution in [0, 0.1) is 11.2 Å². The van der Waals surface area contributed by atoms with E-state index in [-0.39, 0.29) is 18.5 Å². The highest BCUT2D eigenvalue weighted by Crippen LogP contribution is 2.48. The van der Waals surface area contributed by atoms with Gasteiger partial charge in [-0.05, 0) is 61.4 Å². The first kappa shape index (κ1) is 28.6. The van der Waals surface area contributed by atoms with Crippen molar-refractivity contribution in [2.24, 2.45) is 5.41 Å². The topological polar surface area (TPSA) is 162 Å². The number of benzene rings is 3. The van der Waals surface area contributed by atoms with E-state index in [0.717, 1.165) is 18.2 Å². The molecule has 1 aliphatic carbocycles. The Morgan fingerprint density at radius 3 is 2.10 bits per heavy atom. The van der Waals surface area contributed by atoms with Crippen LogP contribution in [0.5, 0.6) is 28.7 Å². The summed E-state index contributed by atoms with van der Waals surface area (Å²) in [6.07, 6.45) is 2.14. The van der Waals surface area contributed by atoms with Gasteiger partial charge in [0.15, 0.2) is 23.1 Å². The number of aromatic nitrogens is 1. The fourth-order valence-corrected chi connectivity index (χ4v) is 4.57. The lowest BCUT2D eigenvalue weighted by Gasteiger charge is -2.16. The Balaban J connectivity index is 1.26. The third-order valence-electron chi connectivity index (χ3n) is 6.55. The Labute approximate surface area is 239 Å². The monoisotopic (exact) mass is 597 g/mol. The fraction of sp³-hybridized carbons (Fsp3) is 0.179. The van der Waals surface area contributed by atoms with Gasteiger partial charge in [0.1, 0.15) is 16.9 Å². The number of nitrogens with zero attached hydrogens (tertiary/aromatic N) is 1. The first-order valence-electron chi connectivity index (χ1n) is 12.4. The van der Waals surface area contributed by atoms with Crippen molar-refractivity contribution in [2.75, 3.05) is 24.9 Å². The smallest absolute Gasteiger partial charge is 0.446 e. The van der Waals surface area contributed by atoms with Crippen LogP contribution in [-0.2, 0) is 20.0 Å². The molecule has 0 atom stereocenters. The Bertz CT molecular complexity index is 1790. The van der Waals surface area contributed by atoms with Crippen LogP contribution in [0.2, 0.25) is 0 Å². The summed E-state index contributed by atoms with van der Waals surface area (Å²) in [7, 11) is -1.92. The summed E-state index contributed by atoms with van der Waals surface area (Å²) in [4.78, 5) is 30.3. The number of rotatable bonds is 10. The largest absolute Gasteiger partial charge is 0.493 e. The molecule has 3 N–H and O–H groups in total. The summed E-state index contributed by atoms with van der Waals surface area (Å²) in [5.74, 6) is -1.05. The van der Waals surface area contributed by atoms with Crippen molar-refractivity contribution in [1.29, 1.82) is 0 Å². The van der Waals surface area contributed by atoms with Gasteiger partial charge in [0.25, 0.3) is 0 Å². The van der Waals surface area contributed by atoms with Gasteiger partial charge in [-0.2, -0.15) is 8.42 Å². The van der Waals surface area contributed by atoms with Crippen LogP contribution in [-0.4, -0.2) is 44.0 Å². The van der Waals surface area contributed by atoms with E-state index in [9.17, 15) is 22.4 Å².